The van der Waals surface area contributed by atoms with Gasteiger partial charge in [-0.1, -0.05) is 0 Å². The second-order valence-electron chi connectivity index (χ2n) is 3.63. The van der Waals surface area contributed by atoms with E-state index in [9.17, 15) is 9.90 Å². The van der Waals surface area contributed by atoms with E-state index < -0.39 is 5.97 Å². The number of rotatable bonds is 1. The molecule has 9 heteroatoms. The SMILES string of the molecule is O=C(O)c1c(Br)c(Br)c(Br)c2c(Br)c(Br)c(Br)c(Br)c12. The molecule has 0 unspecified atom stereocenters. The van der Waals surface area contributed by atoms with E-state index in [0.29, 0.717) is 18.8 Å². The molecule has 0 atom stereocenters. The molecule has 0 aromatic heterocycles. The van der Waals surface area contributed by atoms with Gasteiger partial charge in [0.1, 0.15) is 0 Å². The highest BCUT2D eigenvalue weighted by Gasteiger charge is 2.26. The monoisotopic (exact) mass is 717 g/mol. The number of carboxylic acids is 1. The Morgan fingerprint density at radius 3 is 1.35 bits per heavy atom. The standard InChI is InChI=1S/C11HBr7O2/c12-4-1-2(6(14)10(18)9(4)17)5(13)8(16)7(15)3(1)11(19)20/h(H,19,20). The largest absolute Gasteiger partial charge is 0.478 e. The van der Waals surface area contributed by atoms with Crippen LogP contribution >= 0.6 is 112 Å². The van der Waals surface area contributed by atoms with Gasteiger partial charge in [0.15, 0.2) is 0 Å². The van der Waals surface area contributed by atoms with Gasteiger partial charge in [-0.25, -0.2) is 4.79 Å². The van der Waals surface area contributed by atoms with Crippen molar-refractivity contribution >= 4 is 128 Å². The number of hydrogen-bond acceptors (Lipinski definition) is 1. The minimum absolute atomic E-state index is 0.177. The molecule has 0 radical (unpaired) electrons. The molecule has 20 heavy (non-hydrogen) atoms. The van der Waals surface area contributed by atoms with Crippen molar-refractivity contribution in [3.05, 3.63) is 36.9 Å². The van der Waals surface area contributed by atoms with Crippen LogP contribution in [0.1, 0.15) is 10.4 Å². The van der Waals surface area contributed by atoms with E-state index in [4.69, 9.17) is 0 Å². The topological polar surface area (TPSA) is 37.3 Å². The van der Waals surface area contributed by atoms with Gasteiger partial charge in [-0.2, -0.15) is 0 Å². The zero-order valence-electron chi connectivity index (χ0n) is 9.00. The third-order valence-electron chi connectivity index (χ3n) is 2.56. The number of halogens is 7. The van der Waals surface area contributed by atoms with Crippen molar-refractivity contribution in [3.63, 3.8) is 0 Å². The molecule has 2 aromatic carbocycles. The van der Waals surface area contributed by atoms with Crippen LogP contribution in [0.2, 0.25) is 0 Å². The molecule has 2 nitrogen and oxygen atoms in total. The predicted octanol–water partition coefficient (Wildman–Crippen LogP) is 7.88. The zero-order chi connectivity index (χ0) is 15.4. The van der Waals surface area contributed by atoms with Gasteiger partial charge in [0.05, 0.1) is 5.56 Å². The Hall–Kier alpha value is 1.53. The molecule has 0 saturated carbocycles. The summed E-state index contributed by atoms with van der Waals surface area (Å²) in [4.78, 5) is 11.6. The Balaban J connectivity index is 3.27. The molecule has 0 fully saturated rings. The fourth-order valence-corrected chi connectivity index (χ4v) is 6.30. The molecule has 106 valence electrons. The number of fused-ring (bicyclic) bond motifs is 1. The normalized spacial score (nSPS) is 11.2. The van der Waals surface area contributed by atoms with E-state index in [1.165, 1.54) is 0 Å². The van der Waals surface area contributed by atoms with Crippen LogP contribution in [0.3, 0.4) is 0 Å². The second kappa shape index (κ2) is 6.57. The Morgan fingerprint density at radius 1 is 0.600 bits per heavy atom. The summed E-state index contributed by atoms with van der Waals surface area (Å²) in [6.07, 6.45) is 0. The first-order valence-corrected chi connectivity index (χ1v) is 10.3. The van der Waals surface area contributed by atoms with E-state index in [1.54, 1.807) is 0 Å². The minimum Gasteiger partial charge on any atom is -0.478 e. The van der Waals surface area contributed by atoms with E-state index in [2.05, 4.69) is 112 Å². The van der Waals surface area contributed by atoms with Crippen molar-refractivity contribution < 1.29 is 9.90 Å². The Kier molecular flexibility index (Phi) is 5.87. The van der Waals surface area contributed by atoms with Gasteiger partial charge < -0.3 is 5.11 Å². The third-order valence-corrected chi connectivity index (χ3v) is 10.8. The Labute approximate surface area is 173 Å². The molecule has 0 aliphatic rings. The maximum Gasteiger partial charge on any atom is 0.337 e. The van der Waals surface area contributed by atoms with Crippen LogP contribution in [-0.2, 0) is 0 Å². The fraction of sp³-hybridized carbons (Fsp3) is 0. The first kappa shape index (κ1) is 17.9. The fourth-order valence-electron chi connectivity index (χ4n) is 1.70. The number of hydrogen-bond donors (Lipinski definition) is 1. The number of carboxylic acid groups (broad SMARTS) is 1. The quantitative estimate of drug-likeness (QED) is 0.240. The lowest BCUT2D eigenvalue weighted by Crippen LogP contribution is -2.02. The summed E-state index contributed by atoms with van der Waals surface area (Å²) in [5.74, 6) is -1.02. The smallest absolute Gasteiger partial charge is 0.337 e. The molecule has 0 saturated heterocycles. The van der Waals surface area contributed by atoms with Gasteiger partial charge in [-0.3, -0.25) is 0 Å². The number of aromatic carboxylic acids is 1. The summed E-state index contributed by atoms with van der Waals surface area (Å²) in [5.41, 5.74) is 0.177. The van der Waals surface area contributed by atoms with E-state index >= 15 is 0 Å². The van der Waals surface area contributed by atoms with Crippen molar-refractivity contribution in [1.82, 2.24) is 0 Å². The summed E-state index contributed by atoms with van der Waals surface area (Å²) in [6.45, 7) is 0. The van der Waals surface area contributed by atoms with Gasteiger partial charge in [0, 0.05) is 42.1 Å². The Morgan fingerprint density at radius 2 is 0.950 bits per heavy atom. The summed E-state index contributed by atoms with van der Waals surface area (Å²) in [7, 11) is 0. The zero-order valence-corrected chi connectivity index (χ0v) is 20.1. The minimum atomic E-state index is -1.02. The first-order valence-electron chi connectivity index (χ1n) is 4.75. The van der Waals surface area contributed by atoms with E-state index in [1.807, 2.05) is 0 Å². The maximum atomic E-state index is 11.6. The third kappa shape index (κ3) is 2.73. The van der Waals surface area contributed by atoms with Crippen LogP contribution in [0.25, 0.3) is 10.8 Å². The average Bonchev–Trinajstić information content (AvgIpc) is 2.39. The van der Waals surface area contributed by atoms with Gasteiger partial charge >= 0.3 is 5.97 Å². The molecular weight excluding hydrogens is 723 g/mol. The molecule has 2 aromatic rings. The number of benzene rings is 2. The summed E-state index contributed by atoms with van der Waals surface area (Å²) in [5, 5.41) is 10.9. The van der Waals surface area contributed by atoms with Crippen LogP contribution in [0.15, 0.2) is 31.3 Å². The predicted molar refractivity (Wildman–Crippen MR) is 105 cm³/mol. The maximum absolute atomic E-state index is 11.6. The van der Waals surface area contributed by atoms with Gasteiger partial charge in [-0.15, -0.1) is 0 Å². The lowest BCUT2D eigenvalue weighted by atomic mass is 10.0. The molecule has 0 bridgehead atoms. The lowest BCUT2D eigenvalue weighted by Gasteiger charge is -2.16. The highest BCUT2D eigenvalue weighted by Crippen LogP contribution is 2.51. The number of carbonyl (C=O) groups is 1. The van der Waals surface area contributed by atoms with E-state index in [-0.39, 0.29) is 5.56 Å². The molecule has 0 aliphatic heterocycles. The second-order valence-corrected chi connectivity index (χ2v) is 9.18. The highest BCUT2D eigenvalue weighted by molar-refractivity contribution is 9.15. The van der Waals surface area contributed by atoms with Crippen LogP contribution in [-0.4, -0.2) is 11.1 Å². The summed E-state index contributed by atoms with van der Waals surface area (Å²) >= 11 is 24.1. The van der Waals surface area contributed by atoms with E-state index in [0.717, 1.165) is 23.3 Å². The molecule has 0 amide bonds. The van der Waals surface area contributed by atoms with Crippen molar-refractivity contribution in [2.24, 2.45) is 0 Å². The van der Waals surface area contributed by atoms with Crippen molar-refractivity contribution in [3.8, 4) is 0 Å². The van der Waals surface area contributed by atoms with Gasteiger partial charge in [0.2, 0.25) is 0 Å². The summed E-state index contributed by atoms with van der Waals surface area (Å²) in [6, 6.07) is 0. The lowest BCUT2D eigenvalue weighted by molar-refractivity contribution is 0.0698. The van der Waals surface area contributed by atoms with Crippen molar-refractivity contribution in [2.75, 3.05) is 0 Å². The molecule has 2 rings (SSSR count). The van der Waals surface area contributed by atoms with Crippen LogP contribution < -0.4 is 0 Å². The van der Waals surface area contributed by atoms with Crippen LogP contribution in [0, 0.1) is 0 Å². The van der Waals surface area contributed by atoms with Gasteiger partial charge in [-0.05, 0) is 112 Å². The average molecular weight is 724 g/mol. The van der Waals surface area contributed by atoms with Crippen molar-refractivity contribution in [2.45, 2.75) is 0 Å². The molecule has 0 aliphatic carbocycles. The highest BCUT2D eigenvalue weighted by atomic mass is 79.9. The molecule has 1 N–H and O–H groups in total. The van der Waals surface area contributed by atoms with Crippen LogP contribution in [0.5, 0.6) is 0 Å². The molecule has 0 spiro atoms. The van der Waals surface area contributed by atoms with Gasteiger partial charge in [0.25, 0.3) is 0 Å². The molecular formula is C11HBr7O2. The molecule has 0 heterocycles. The Bertz CT molecular complexity index is 762. The van der Waals surface area contributed by atoms with Crippen LogP contribution in [0.4, 0.5) is 0 Å². The first-order chi connectivity index (χ1) is 9.20. The summed E-state index contributed by atoms with van der Waals surface area (Å²) < 4.78 is 4.82. The van der Waals surface area contributed by atoms with Crippen molar-refractivity contribution in [1.29, 1.82) is 0 Å².